The van der Waals surface area contributed by atoms with E-state index in [1.54, 1.807) is 17.4 Å². The lowest BCUT2D eigenvalue weighted by Crippen LogP contribution is -2.20. The first-order chi connectivity index (χ1) is 18.4. The highest BCUT2D eigenvalue weighted by atomic mass is 32.2. The molecule has 0 fully saturated rings. The molecule has 1 aliphatic carbocycles. The van der Waals surface area contributed by atoms with Crippen molar-refractivity contribution in [1.29, 1.82) is 0 Å². The van der Waals surface area contributed by atoms with Gasteiger partial charge in [-0.25, -0.2) is 0 Å². The number of aryl methyl sites for hydroxylation is 1. The van der Waals surface area contributed by atoms with Gasteiger partial charge in [-0.15, -0.1) is 39.4 Å². The maximum absolute atomic E-state index is 13.0. The van der Waals surface area contributed by atoms with Crippen molar-refractivity contribution in [2.75, 3.05) is 11.1 Å². The number of primary amides is 1. The number of rotatable bonds is 9. The van der Waals surface area contributed by atoms with Gasteiger partial charge in [0.25, 0.3) is 5.91 Å². The number of benzene rings is 1. The zero-order valence-corrected chi connectivity index (χ0v) is 23.8. The second-order valence-corrected chi connectivity index (χ2v) is 12.5. The molecule has 5 rings (SSSR count). The van der Waals surface area contributed by atoms with Crippen LogP contribution >= 0.6 is 34.4 Å². The summed E-state index contributed by atoms with van der Waals surface area (Å²) in [5.41, 5.74) is 10.4. The normalized spacial score (nSPS) is 14.7. The van der Waals surface area contributed by atoms with Gasteiger partial charge in [0.1, 0.15) is 5.00 Å². The SMILES string of the molecule is C=CCn1c(SCC(=O)Nc2sc3c(c2C(N)=O)CCC(C)C3)nnc1-c1csc(C)c1-c1ccccc1. The molecule has 0 bridgehead atoms. The van der Waals surface area contributed by atoms with Gasteiger partial charge in [-0.2, -0.15) is 0 Å². The highest BCUT2D eigenvalue weighted by molar-refractivity contribution is 7.99. The van der Waals surface area contributed by atoms with Gasteiger partial charge in [0.2, 0.25) is 5.91 Å². The minimum absolute atomic E-state index is 0.126. The summed E-state index contributed by atoms with van der Waals surface area (Å²) in [5.74, 6) is 0.722. The van der Waals surface area contributed by atoms with Crippen LogP contribution in [0.3, 0.4) is 0 Å². The monoisotopic (exact) mass is 563 g/mol. The van der Waals surface area contributed by atoms with Crippen LogP contribution in [0, 0.1) is 12.8 Å². The van der Waals surface area contributed by atoms with Crippen LogP contribution in [0.15, 0.2) is 53.5 Å². The maximum atomic E-state index is 13.0. The first-order valence-corrected chi connectivity index (χ1v) is 15.1. The number of nitrogens with zero attached hydrogens (tertiary/aromatic N) is 3. The molecule has 2 amide bonds. The lowest BCUT2D eigenvalue weighted by molar-refractivity contribution is -0.113. The van der Waals surface area contributed by atoms with Crippen molar-refractivity contribution in [2.24, 2.45) is 11.7 Å². The van der Waals surface area contributed by atoms with Crippen LogP contribution in [0.25, 0.3) is 22.5 Å². The molecular weight excluding hydrogens is 535 g/mol. The van der Waals surface area contributed by atoms with Crippen molar-refractivity contribution in [3.8, 4) is 22.5 Å². The smallest absolute Gasteiger partial charge is 0.251 e. The third-order valence-electron chi connectivity index (χ3n) is 6.65. The van der Waals surface area contributed by atoms with E-state index in [2.05, 4.69) is 53.5 Å². The van der Waals surface area contributed by atoms with Crippen LogP contribution in [0.2, 0.25) is 0 Å². The van der Waals surface area contributed by atoms with E-state index in [-0.39, 0.29) is 11.7 Å². The molecule has 196 valence electrons. The highest BCUT2D eigenvalue weighted by Gasteiger charge is 2.27. The summed E-state index contributed by atoms with van der Waals surface area (Å²) in [6.07, 6.45) is 4.54. The van der Waals surface area contributed by atoms with E-state index in [1.165, 1.54) is 28.0 Å². The molecule has 1 unspecified atom stereocenters. The number of allylic oxidation sites excluding steroid dienone is 1. The van der Waals surface area contributed by atoms with Crippen LogP contribution < -0.4 is 11.1 Å². The van der Waals surface area contributed by atoms with Crippen LogP contribution in [-0.2, 0) is 24.2 Å². The largest absolute Gasteiger partial charge is 0.365 e. The predicted octanol–water partition coefficient (Wildman–Crippen LogP) is 6.18. The Morgan fingerprint density at radius 1 is 1.29 bits per heavy atom. The number of aromatic nitrogens is 3. The molecule has 4 aromatic rings. The van der Waals surface area contributed by atoms with E-state index in [1.807, 2.05) is 22.8 Å². The average Bonchev–Trinajstić information content (AvgIpc) is 3.57. The Hall–Kier alpha value is -3.21. The van der Waals surface area contributed by atoms with Gasteiger partial charge in [0, 0.05) is 32.8 Å². The molecule has 0 spiro atoms. The Balaban J connectivity index is 1.37. The quantitative estimate of drug-likeness (QED) is 0.187. The first-order valence-electron chi connectivity index (χ1n) is 12.4. The summed E-state index contributed by atoms with van der Waals surface area (Å²) in [6, 6.07) is 10.2. The Morgan fingerprint density at radius 3 is 2.82 bits per heavy atom. The number of hydrogen-bond acceptors (Lipinski definition) is 7. The van der Waals surface area contributed by atoms with Crippen molar-refractivity contribution in [3.05, 3.63) is 69.2 Å². The van der Waals surface area contributed by atoms with Gasteiger partial charge in [-0.05, 0) is 43.2 Å². The summed E-state index contributed by atoms with van der Waals surface area (Å²) < 4.78 is 1.99. The fraction of sp³-hybridized carbons (Fsp3) is 0.286. The minimum Gasteiger partial charge on any atom is -0.365 e. The number of carbonyl (C=O) groups excluding carboxylic acids is 2. The van der Waals surface area contributed by atoms with E-state index < -0.39 is 5.91 Å². The lowest BCUT2D eigenvalue weighted by atomic mass is 9.88. The van der Waals surface area contributed by atoms with Crippen molar-refractivity contribution in [2.45, 2.75) is 44.8 Å². The van der Waals surface area contributed by atoms with E-state index in [0.29, 0.717) is 28.2 Å². The number of thiophene rings is 2. The van der Waals surface area contributed by atoms with Gasteiger partial charge in [0.05, 0.1) is 11.3 Å². The fourth-order valence-corrected chi connectivity index (χ4v) is 7.91. The third-order valence-corrected chi connectivity index (χ3v) is 9.70. The molecule has 1 atom stereocenters. The molecule has 38 heavy (non-hydrogen) atoms. The summed E-state index contributed by atoms with van der Waals surface area (Å²) in [7, 11) is 0. The maximum Gasteiger partial charge on any atom is 0.251 e. The molecule has 0 saturated carbocycles. The van der Waals surface area contributed by atoms with Crippen LogP contribution in [0.1, 0.15) is 39.0 Å². The summed E-state index contributed by atoms with van der Waals surface area (Å²) in [5, 5.41) is 15.2. The number of hydrogen-bond donors (Lipinski definition) is 2. The number of fused-ring (bicyclic) bond motifs is 1. The Morgan fingerprint density at radius 2 is 2.08 bits per heavy atom. The van der Waals surface area contributed by atoms with E-state index in [4.69, 9.17) is 5.73 Å². The number of nitrogens with two attached hydrogens (primary N) is 1. The van der Waals surface area contributed by atoms with Crippen molar-refractivity contribution >= 4 is 51.3 Å². The van der Waals surface area contributed by atoms with Crippen molar-refractivity contribution in [3.63, 3.8) is 0 Å². The molecule has 0 radical (unpaired) electrons. The average molecular weight is 564 g/mol. The molecule has 0 aliphatic heterocycles. The first kappa shape index (κ1) is 26.4. The molecule has 1 aromatic carbocycles. The number of amides is 2. The van der Waals surface area contributed by atoms with E-state index >= 15 is 0 Å². The molecule has 10 heteroatoms. The second-order valence-electron chi connectivity index (χ2n) is 9.41. The standard InChI is InChI=1S/C28H29N5O2S3/c1-4-12-33-26(20-14-36-17(3)23(20)18-8-6-5-7-9-18)31-32-28(33)37-15-22(34)30-27-24(25(29)35)19-11-10-16(2)13-21(19)38-27/h4-9,14,16H,1,10-13,15H2,2-3H3,(H2,29,35)(H,30,34). The molecular formula is C28H29N5O2S3. The van der Waals surface area contributed by atoms with E-state index in [9.17, 15) is 9.59 Å². The molecule has 7 nitrogen and oxygen atoms in total. The van der Waals surface area contributed by atoms with Crippen LogP contribution in [0.5, 0.6) is 0 Å². The van der Waals surface area contributed by atoms with Gasteiger partial charge in [-0.1, -0.05) is 55.1 Å². The number of carbonyl (C=O) groups is 2. The number of anilines is 1. The molecule has 3 N–H and O–H groups in total. The Labute approximate surface area is 234 Å². The lowest BCUT2D eigenvalue weighted by Gasteiger charge is -2.18. The summed E-state index contributed by atoms with van der Waals surface area (Å²) >= 11 is 4.46. The number of thioether (sulfide) groups is 1. The molecule has 0 saturated heterocycles. The van der Waals surface area contributed by atoms with Gasteiger partial charge < -0.3 is 11.1 Å². The Kier molecular flexibility index (Phi) is 7.83. The molecule has 3 heterocycles. The molecule has 1 aliphatic rings. The third kappa shape index (κ3) is 5.21. The van der Waals surface area contributed by atoms with Gasteiger partial charge >= 0.3 is 0 Å². The summed E-state index contributed by atoms with van der Waals surface area (Å²) in [6.45, 7) is 8.73. The minimum atomic E-state index is -0.490. The van der Waals surface area contributed by atoms with Crippen molar-refractivity contribution < 1.29 is 9.59 Å². The van der Waals surface area contributed by atoms with Gasteiger partial charge in [-0.3, -0.25) is 14.2 Å². The van der Waals surface area contributed by atoms with Crippen LogP contribution in [0.4, 0.5) is 5.00 Å². The zero-order valence-electron chi connectivity index (χ0n) is 21.3. The van der Waals surface area contributed by atoms with Gasteiger partial charge in [0.15, 0.2) is 11.0 Å². The second kappa shape index (κ2) is 11.3. The number of nitrogens with one attached hydrogen (secondary N) is 1. The topological polar surface area (TPSA) is 103 Å². The summed E-state index contributed by atoms with van der Waals surface area (Å²) in [4.78, 5) is 27.5. The van der Waals surface area contributed by atoms with Crippen molar-refractivity contribution in [1.82, 2.24) is 14.8 Å². The zero-order chi connectivity index (χ0) is 26.8. The molecule has 3 aromatic heterocycles. The Bertz CT molecular complexity index is 1500. The highest BCUT2D eigenvalue weighted by Crippen LogP contribution is 2.41. The predicted molar refractivity (Wildman–Crippen MR) is 157 cm³/mol. The fourth-order valence-electron chi connectivity index (χ4n) is 4.86. The van der Waals surface area contributed by atoms with Crippen LogP contribution in [-0.4, -0.2) is 32.3 Å². The van der Waals surface area contributed by atoms with E-state index in [0.717, 1.165) is 52.2 Å².